The van der Waals surface area contributed by atoms with E-state index in [1.54, 1.807) is 7.11 Å². The summed E-state index contributed by atoms with van der Waals surface area (Å²) in [6.07, 6.45) is 11.7. The van der Waals surface area contributed by atoms with E-state index in [1.807, 2.05) is 44.7 Å². The van der Waals surface area contributed by atoms with Gasteiger partial charge >= 0.3 is 0 Å². The molecule has 216 valence electrons. The van der Waals surface area contributed by atoms with Crippen LogP contribution in [0.5, 0.6) is 5.75 Å². The van der Waals surface area contributed by atoms with Crippen molar-refractivity contribution in [1.29, 1.82) is 0 Å². The van der Waals surface area contributed by atoms with Crippen molar-refractivity contribution in [3.8, 4) is 17.6 Å². The fraction of sp³-hybridized carbons (Fsp3) is 0.581. The number of nitrogens with two attached hydrogens (primary N) is 1. The van der Waals surface area contributed by atoms with Gasteiger partial charge in [0.1, 0.15) is 16.5 Å². The molecular formula is C31H48ClN5O2. The summed E-state index contributed by atoms with van der Waals surface area (Å²) >= 11 is 6.42. The van der Waals surface area contributed by atoms with Crippen molar-refractivity contribution in [3.63, 3.8) is 0 Å². The molecule has 0 aromatic carbocycles. The van der Waals surface area contributed by atoms with E-state index in [1.165, 1.54) is 19.3 Å². The van der Waals surface area contributed by atoms with Gasteiger partial charge in [0.25, 0.3) is 0 Å². The fourth-order valence-corrected chi connectivity index (χ4v) is 4.23. The number of hydrogen-bond donors (Lipinski definition) is 1. The number of ether oxygens (including phenoxy) is 2. The van der Waals surface area contributed by atoms with Crippen LogP contribution in [0.15, 0.2) is 12.4 Å². The van der Waals surface area contributed by atoms with Crippen LogP contribution in [0.3, 0.4) is 0 Å². The van der Waals surface area contributed by atoms with Gasteiger partial charge in [-0.1, -0.05) is 77.3 Å². The number of halogens is 1. The molecule has 0 spiro atoms. The first-order valence-electron chi connectivity index (χ1n) is 14.2. The number of fused-ring (bicyclic) bond motifs is 1. The zero-order chi connectivity index (χ0) is 29.2. The van der Waals surface area contributed by atoms with Crippen molar-refractivity contribution < 1.29 is 9.47 Å². The number of nitrogen functional groups attached to an aromatic ring is 1. The lowest BCUT2D eigenvalue weighted by molar-refractivity contribution is 0.135. The molecule has 0 atom stereocenters. The summed E-state index contributed by atoms with van der Waals surface area (Å²) in [6.45, 7) is 16.8. The van der Waals surface area contributed by atoms with Crippen molar-refractivity contribution >= 4 is 28.6 Å². The molecule has 0 bridgehead atoms. The average molecular weight is 558 g/mol. The third-order valence-corrected chi connectivity index (χ3v) is 6.11. The Kier molecular flexibility index (Phi) is 16.9. The first kappa shape index (κ1) is 34.2. The first-order valence-corrected chi connectivity index (χ1v) is 14.6. The lowest BCUT2D eigenvalue weighted by Crippen LogP contribution is -2.07. The molecule has 8 heteroatoms. The lowest BCUT2D eigenvalue weighted by Gasteiger charge is -2.13. The highest BCUT2D eigenvalue weighted by Gasteiger charge is 2.17. The Bertz CT molecular complexity index is 1190. The van der Waals surface area contributed by atoms with Crippen LogP contribution < -0.4 is 10.5 Å². The van der Waals surface area contributed by atoms with Crippen molar-refractivity contribution in [2.75, 3.05) is 26.1 Å². The van der Waals surface area contributed by atoms with Crippen LogP contribution in [0.4, 0.5) is 5.95 Å². The predicted molar refractivity (Wildman–Crippen MR) is 165 cm³/mol. The smallest absolute Gasteiger partial charge is 0.223 e. The zero-order valence-corrected chi connectivity index (χ0v) is 26.0. The number of aryl methyl sites for hydroxylation is 1. The van der Waals surface area contributed by atoms with E-state index in [0.717, 1.165) is 72.4 Å². The Morgan fingerprint density at radius 1 is 1.00 bits per heavy atom. The van der Waals surface area contributed by atoms with E-state index < -0.39 is 0 Å². The Morgan fingerprint density at radius 3 is 2.31 bits per heavy atom. The standard InChI is InChI=1S/C23H28ClN5O.C6H14O.C2H6/c1-5-6-7-8-9-10-11-17-13-29(22-19(17)21(24)27-23(25)28-22)14-18-16(3)20(30-4)15(2)12-26-18;1-3-5-7-6-4-2;1-2/h12-13H,5-9,14H2,1-4H3,(H2,25,27,28);3-6H2,1-2H3;1-2H3. The third kappa shape index (κ3) is 10.7. The van der Waals surface area contributed by atoms with Crippen LogP contribution in [0.2, 0.25) is 5.15 Å². The van der Waals surface area contributed by atoms with E-state index in [9.17, 15) is 0 Å². The summed E-state index contributed by atoms with van der Waals surface area (Å²) in [5.74, 6) is 7.50. The first-order chi connectivity index (χ1) is 18.9. The summed E-state index contributed by atoms with van der Waals surface area (Å²) in [4.78, 5) is 13.2. The molecule has 0 saturated carbocycles. The summed E-state index contributed by atoms with van der Waals surface area (Å²) in [5, 5.41) is 1.04. The molecule has 0 radical (unpaired) electrons. The van der Waals surface area contributed by atoms with E-state index in [4.69, 9.17) is 26.8 Å². The normalized spacial score (nSPS) is 10.2. The third-order valence-electron chi connectivity index (χ3n) is 5.83. The summed E-state index contributed by atoms with van der Waals surface area (Å²) in [6, 6.07) is 0. The topological polar surface area (TPSA) is 88.1 Å². The van der Waals surface area contributed by atoms with Crippen LogP contribution in [-0.2, 0) is 11.3 Å². The maximum atomic E-state index is 6.42. The van der Waals surface area contributed by atoms with Crippen molar-refractivity contribution in [2.45, 2.75) is 100.0 Å². The molecule has 3 aromatic heterocycles. The monoisotopic (exact) mass is 557 g/mol. The van der Waals surface area contributed by atoms with Crippen LogP contribution in [0.1, 0.15) is 102 Å². The number of anilines is 1. The Morgan fingerprint density at radius 2 is 1.69 bits per heavy atom. The predicted octanol–water partition coefficient (Wildman–Crippen LogP) is 7.91. The molecule has 0 saturated heterocycles. The van der Waals surface area contributed by atoms with Crippen molar-refractivity contribution in [3.05, 3.63) is 39.9 Å². The average Bonchev–Trinajstić information content (AvgIpc) is 3.27. The number of rotatable bonds is 11. The van der Waals surface area contributed by atoms with E-state index in [0.29, 0.717) is 17.3 Å². The summed E-state index contributed by atoms with van der Waals surface area (Å²) in [7, 11) is 1.67. The molecular weight excluding hydrogens is 510 g/mol. The molecule has 0 aliphatic heterocycles. The number of nitrogens with zero attached hydrogens (tertiary/aromatic N) is 4. The highest BCUT2D eigenvalue weighted by molar-refractivity contribution is 6.34. The van der Waals surface area contributed by atoms with Gasteiger partial charge in [-0.15, -0.1) is 0 Å². The molecule has 0 fully saturated rings. The molecule has 2 N–H and O–H groups in total. The fourth-order valence-electron chi connectivity index (χ4n) is 3.95. The van der Waals surface area contributed by atoms with Crippen LogP contribution >= 0.6 is 11.6 Å². The molecule has 3 heterocycles. The molecule has 3 rings (SSSR count). The SMILES string of the molecule is CC.CCCCCCC#Cc1cn(Cc2ncc(C)c(OC)c2C)c2nc(N)nc(Cl)c12.CCCOCCC. The van der Waals surface area contributed by atoms with Gasteiger partial charge in [0.05, 0.1) is 30.3 Å². The van der Waals surface area contributed by atoms with Gasteiger partial charge in [0.15, 0.2) is 0 Å². The number of pyridine rings is 1. The highest BCUT2D eigenvalue weighted by atomic mass is 35.5. The van der Waals surface area contributed by atoms with Gasteiger partial charge in [0.2, 0.25) is 5.95 Å². The van der Waals surface area contributed by atoms with Crippen molar-refractivity contribution in [1.82, 2.24) is 19.5 Å². The van der Waals surface area contributed by atoms with Gasteiger partial charge in [-0.05, 0) is 33.1 Å². The van der Waals surface area contributed by atoms with Gasteiger partial charge in [-0.2, -0.15) is 4.98 Å². The Balaban J connectivity index is 0.000000735. The maximum Gasteiger partial charge on any atom is 0.223 e. The molecule has 0 unspecified atom stereocenters. The molecule has 39 heavy (non-hydrogen) atoms. The maximum absolute atomic E-state index is 6.42. The summed E-state index contributed by atoms with van der Waals surface area (Å²) in [5.41, 5.74) is 10.2. The lowest BCUT2D eigenvalue weighted by atomic mass is 10.1. The molecule has 0 amide bonds. The van der Waals surface area contributed by atoms with Crippen LogP contribution in [0.25, 0.3) is 11.0 Å². The van der Waals surface area contributed by atoms with Crippen LogP contribution in [-0.4, -0.2) is 39.8 Å². The molecule has 0 aliphatic rings. The second kappa shape index (κ2) is 19.3. The van der Waals surface area contributed by atoms with E-state index >= 15 is 0 Å². The minimum atomic E-state index is 0.136. The quantitative estimate of drug-likeness (QED) is 0.146. The van der Waals surface area contributed by atoms with Crippen molar-refractivity contribution in [2.24, 2.45) is 0 Å². The molecule has 0 aliphatic carbocycles. The number of hydrogen-bond acceptors (Lipinski definition) is 6. The van der Waals surface area contributed by atoms with Crippen LogP contribution in [0, 0.1) is 25.7 Å². The Hall–Kier alpha value is -2.82. The second-order valence-electron chi connectivity index (χ2n) is 9.01. The van der Waals surface area contributed by atoms with Gasteiger partial charge < -0.3 is 19.8 Å². The summed E-state index contributed by atoms with van der Waals surface area (Å²) < 4.78 is 12.6. The molecule has 3 aromatic rings. The zero-order valence-electron chi connectivity index (χ0n) is 25.3. The minimum absolute atomic E-state index is 0.136. The largest absolute Gasteiger partial charge is 0.496 e. The number of methoxy groups -OCH3 is 1. The highest BCUT2D eigenvalue weighted by Crippen LogP contribution is 2.29. The van der Waals surface area contributed by atoms with Gasteiger partial charge in [-0.3, -0.25) is 4.98 Å². The number of aromatic nitrogens is 4. The van der Waals surface area contributed by atoms with E-state index in [-0.39, 0.29) is 5.95 Å². The Labute approximate surface area is 240 Å². The second-order valence-corrected chi connectivity index (χ2v) is 9.37. The van der Waals surface area contributed by atoms with Gasteiger partial charge in [-0.25, -0.2) is 4.98 Å². The van der Waals surface area contributed by atoms with Gasteiger partial charge in [0, 0.05) is 43.2 Å². The number of unbranched alkanes of at least 4 members (excludes halogenated alkanes) is 4. The molecule has 7 nitrogen and oxygen atoms in total. The van der Waals surface area contributed by atoms with E-state index in [2.05, 4.69) is 47.6 Å². The minimum Gasteiger partial charge on any atom is -0.496 e.